The summed E-state index contributed by atoms with van der Waals surface area (Å²) in [6.07, 6.45) is 0. The first-order chi connectivity index (χ1) is 9.15. The molecule has 0 saturated heterocycles. The van der Waals surface area contributed by atoms with E-state index in [1.807, 2.05) is 49.4 Å². The van der Waals surface area contributed by atoms with Gasteiger partial charge in [-0.15, -0.1) is 0 Å². The van der Waals surface area contributed by atoms with Crippen molar-refractivity contribution in [3.63, 3.8) is 0 Å². The van der Waals surface area contributed by atoms with E-state index in [2.05, 4.69) is 0 Å². The van der Waals surface area contributed by atoms with Crippen LogP contribution >= 0.6 is 0 Å². The van der Waals surface area contributed by atoms with Crippen LogP contribution < -0.4 is 11.4 Å². The second-order valence-corrected chi connectivity index (χ2v) is 4.56. The Kier molecular flexibility index (Phi) is 2.60. The first-order valence-corrected chi connectivity index (χ1v) is 6.04. The molecule has 3 heteroatoms. The maximum atomic E-state index is 12.0. The van der Waals surface area contributed by atoms with Crippen LogP contribution in [0.5, 0.6) is 0 Å². The van der Waals surface area contributed by atoms with Crippen molar-refractivity contribution >= 4 is 16.7 Å². The minimum atomic E-state index is -0.345. The number of nitrogens with two attached hydrogens (primary N) is 1. The summed E-state index contributed by atoms with van der Waals surface area (Å²) in [5, 5.41) is 0.880. The van der Waals surface area contributed by atoms with Crippen LogP contribution in [0.25, 0.3) is 22.1 Å². The highest BCUT2D eigenvalue weighted by Crippen LogP contribution is 2.24. The predicted octanol–water partition coefficient (Wildman–Crippen LogP) is 3.35. The molecule has 3 aromatic rings. The van der Waals surface area contributed by atoms with Gasteiger partial charge in [0.2, 0.25) is 0 Å². The van der Waals surface area contributed by atoms with Crippen molar-refractivity contribution in [2.24, 2.45) is 0 Å². The zero-order chi connectivity index (χ0) is 13.4. The van der Waals surface area contributed by atoms with Gasteiger partial charge in [-0.05, 0) is 30.2 Å². The summed E-state index contributed by atoms with van der Waals surface area (Å²) in [7, 11) is 0. The van der Waals surface area contributed by atoms with Gasteiger partial charge in [-0.1, -0.05) is 30.3 Å². The fourth-order valence-corrected chi connectivity index (χ4v) is 2.12. The quantitative estimate of drug-likeness (QED) is 0.533. The summed E-state index contributed by atoms with van der Waals surface area (Å²) in [5.41, 5.74) is 9.02. The lowest BCUT2D eigenvalue weighted by molar-refractivity contribution is 0.563. The lowest BCUT2D eigenvalue weighted by atomic mass is 10.0. The lowest BCUT2D eigenvalue weighted by Gasteiger charge is -2.05. The minimum absolute atomic E-state index is 0.345. The fraction of sp³-hybridized carbons (Fsp3) is 0.0625. The van der Waals surface area contributed by atoms with Gasteiger partial charge >= 0.3 is 5.63 Å². The van der Waals surface area contributed by atoms with Crippen molar-refractivity contribution in [2.75, 3.05) is 5.73 Å². The van der Waals surface area contributed by atoms with Crippen molar-refractivity contribution in [3.05, 3.63) is 64.5 Å². The van der Waals surface area contributed by atoms with Crippen LogP contribution in [-0.2, 0) is 0 Å². The van der Waals surface area contributed by atoms with Crippen LogP contribution in [-0.4, -0.2) is 0 Å². The van der Waals surface area contributed by atoms with E-state index in [9.17, 15) is 4.79 Å². The first-order valence-electron chi connectivity index (χ1n) is 6.04. The average Bonchev–Trinajstić information content (AvgIpc) is 2.41. The molecule has 0 aliphatic carbocycles. The van der Waals surface area contributed by atoms with Crippen LogP contribution in [0, 0.1) is 6.92 Å². The van der Waals surface area contributed by atoms with Gasteiger partial charge in [0.1, 0.15) is 5.58 Å². The summed E-state index contributed by atoms with van der Waals surface area (Å²) in [6, 6.07) is 15.0. The van der Waals surface area contributed by atoms with E-state index in [-0.39, 0.29) is 5.63 Å². The molecular weight excluding hydrogens is 238 g/mol. The highest BCUT2D eigenvalue weighted by atomic mass is 16.4. The fourth-order valence-electron chi connectivity index (χ4n) is 2.12. The Morgan fingerprint density at radius 1 is 1.05 bits per heavy atom. The summed E-state index contributed by atoms with van der Waals surface area (Å²) in [6.45, 7) is 1.93. The normalized spacial score (nSPS) is 10.8. The highest BCUT2D eigenvalue weighted by molar-refractivity contribution is 5.85. The Hall–Kier alpha value is -2.55. The molecule has 0 fully saturated rings. The molecule has 1 heterocycles. The number of anilines is 1. The summed E-state index contributed by atoms with van der Waals surface area (Å²) in [5.74, 6) is 0. The summed E-state index contributed by atoms with van der Waals surface area (Å²) < 4.78 is 5.35. The second-order valence-electron chi connectivity index (χ2n) is 4.56. The molecule has 0 aliphatic heterocycles. The van der Waals surface area contributed by atoms with E-state index in [0.29, 0.717) is 16.8 Å². The average molecular weight is 251 g/mol. The molecule has 0 unspecified atom stereocenters. The monoisotopic (exact) mass is 251 g/mol. The third kappa shape index (κ3) is 1.99. The molecule has 0 saturated carbocycles. The van der Waals surface area contributed by atoms with Gasteiger partial charge in [-0.2, -0.15) is 0 Å². The zero-order valence-corrected chi connectivity index (χ0v) is 10.5. The van der Waals surface area contributed by atoms with Crippen molar-refractivity contribution in [3.8, 4) is 11.1 Å². The third-order valence-corrected chi connectivity index (χ3v) is 3.21. The number of benzene rings is 2. The maximum absolute atomic E-state index is 12.0. The van der Waals surface area contributed by atoms with Crippen LogP contribution in [0.1, 0.15) is 5.56 Å². The van der Waals surface area contributed by atoms with Crippen molar-refractivity contribution < 1.29 is 4.42 Å². The maximum Gasteiger partial charge on any atom is 0.344 e. The van der Waals surface area contributed by atoms with Gasteiger partial charge < -0.3 is 10.2 Å². The van der Waals surface area contributed by atoms with Gasteiger partial charge in [-0.25, -0.2) is 4.79 Å². The number of hydrogen-bond donors (Lipinski definition) is 1. The molecule has 3 nitrogen and oxygen atoms in total. The van der Waals surface area contributed by atoms with E-state index in [4.69, 9.17) is 10.2 Å². The van der Waals surface area contributed by atoms with Crippen molar-refractivity contribution in [1.82, 2.24) is 0 Å². The molecule has 2 aromatic carbocycles. The number of rotatable bonds is 1. The first kappa shape index (κ1) is 11.5. The molecule has 0 atom stereocenters. The number of fused-ring (bicyclic) bond motifs is 1. The van der Waals surface area contributed by atoms with E-state index in [1.54, 1.807) is 6.07 Å². The van der Waals surface area contributed by atoms with Gasteiger partial charge in [0.15, 0.2) is 0 Å². The Morgan fingerprint density at radius 2 is 1.79 bits per heavy atom. The third-order valence-electron chi connectivity index (χ3n) is 3.21. The Bertz CT molecular complexity index is 804. The number of hydrogen-bond acceptors (Lipinski definition) is 3. The molecule has 94 valence electrons. The molecule has 0 spiro atoms. The minimum Gasteiger partial charge on any atom is -0.422 e. The standard InChI is InChI=1S/C16H13NO2/c1-10-7-12-8-13(11-5-3-2-4-6-11)16(18)19-15(12)9-14(10)17/h2-9H,17H2,1H3. The van der Waals surface area contributed by atoms with Gasteiger partial charge in [0, 0.05) is 17.1 Å². The molecular formula is C16H13NO2. The Balaban J connectivity index is 2.31. The Labute approximate surface area is 110 Å². The lowest BCUT2D eigenvalue weighted by Crippen LogP contribution is -2.03. The zero-order valence-electron chi connectivity index (χ0n) is 10.5. The van der Waals surface area contributed by atoms with Gasteiger partial charge in [0.25, 0.3) is 0 Å². The second kappa shape index (κ2) is 4.28. The SMILES string of the molecule is Cc1cc2cc(-c3ccccc3)c(=O)oc2cc1N. The summed E-state index contributed by atoms with van der Waals surface area (Å²) >= 11 is 0. The topological polar surface area (TPSA) is 56.2 Å². The highest BCUT2D eigenvalue weighted by Gasteiger charge is 2.08. The molecule has 0 aliphatic rings. The van der Waals surface area contributed by atoms with E-state index >= 15 is 0 Å². The molecule has 0 bridgehead atoms. The molecule has 0 amide bonds. The molecule has 0 radical (unpaired) electrons. The van der Waals surface area contributed by atoms with Crippen molar-refractivity contribution in [2.45, 2.75) is 6.92 Å². The van der Waals surface area contributed by atoms with E-state index in [1.165, 1.54) is 0 Å². The van der Waals surface area contributed by atoms with Crippen LogP contribution in [0.4, 0.5) is 5.69 Å². The molecule has 2 N–H and O–H groups in total. The van der Waals surface area contributed by atoms with E-state index < -0.39 is 0 Å². The van der Waals surface area contributed by atoms with E-state index in [0.717, 1.165) is 16.5 Å². The Morgan fingerprint density at radius 3 is 2.53 bits per heavy atom. The van der Waals surface area contributed by atoms with Crippen LogP contribution in [0.15, 0.2) is 57.7 Å². The van der Waals surface area contributed by atoms with Gasteiger partial charge in [-0.3, -0.25) is 0 Å². The molecule has 3 rings (SSSR count). The molecule has 19 heavy (non-hydrogen) atoms. The smallest absolute Gasteiger partial charge is 0.344 e. The molecule has 1 aromatic heterocycles. The van der Waals surface area contributed by atoms with Crippen molar-refractivity contribution in [1.29, 1.82) is 0 Å². The summed E-state index contributed by atoms with van der Waals surface area (Å²) in [4.78, 5) is 12.0. The van der Waals surface area contributed by atoms with Crippen LogP contribution in [0.2, 0.25) is 0 Å². The van der Waals surface area contributed by atoms with Gasteiger partial charge in [0.05, 0.1) is 5.56 Å². The largest absolute Gasteiger partial charge is 0.422 e. The number of nitrogen functional groups attached to an aromatic ring is 1. The predicted molar refractivity (Wildman–Crippen MR) is 77.1 cm³/mol. The van der Waals surface area contributed by atoms with Crippen LogP contribution in [0.3, 0.4) is 0 Å². The number of aryl methyl sites for hydroxylation is 1.